The Morgan fingerprint density at radius 1 is 0.667 bits per heavy atom. The lowest BCUT2D eigenvalue weighted by Gasteiger charge is -2.15. The number of carboxylic acid groups (broad SMARTS) is 2. The van der Waals surface area contributed by atoms with Gasteiger partial charge in [-0.05, 0) is 25.7 Å². The van der Waals surface area contributed by atoms with E-state index in [-0.39, 0.29) is 11.8 Å². The van der Waals surface area contributed by atoms with Gasteiger partial charge in [-0.3, -0.25) is 9.59 Å². The van der Waals surface area contributed by atoms with Gasteiger partial charge in [-0.2, -0.15) is 0 Å². The average Bonchev–Trinajstić information content (AvgIpc) is 2.43. The van der Waals surface area contributed by atoms with Gasteiger partial charge in [0.15, 0.2) is 0 Å². The molecule has 0 bridgehead atoms. The second kappa shape index (κ2) is 12.7. The lowest BCUT2D eigenvalue weighted by atomic mass is 9.90. The number of unbranched alkanes of at least 4 members (excludes halogenated alkanes) is 5. The molecule has 0 spiro atoms. The van der Waals surface area contributed by atoms with Crippen LogP contribution in [0.3, 0.4) is 0 Å². The lowest BCUT2D eigenvalue weighted by Crippen LogP contribution is -2.19. The number of rotatable bonds is 14. The minimum atomic E-state index is -0.791. The van der Waals surface area contributed by atoms with Crippen LogP contribution in [0.1, 0.15) is 84.5 Å². The molecule has 4 nitrogen and oxygen atoms in total. The highest BCUT2D eigenvalue weighted by Crippen LogP contribution is 2.22. The molecule has 0 aliphatic rings. The molecule has 2 unspecified atom stereocenters. The van der Waals surface area contributed by atoms with Gasteiger partial charge >= 0.3 is 11.9 Å². The SMILES string of the molecule is CCCCCCCCC(CCC(CCC)C(=O)O)C(=O)O. The van der Waals surface area contributed by atoms with Crippen molar-refractivity contribution in [1.82, 2.24) is 0 Å². The highest BCUT2D eigenvalue weighted by atomic mass is 16.4. The number of carboxylic acids is 2. The van der Waals surface area contributed by atoms with E-state index in [0.29, 0.717) is 25.7 Å². The molecule has 0 heterocycles. The fraction of sp³-hybridized carbons (Fsp3) is 0.882. The first kappa shape index (κ1) is 19.9. The molecule has 2 N–H and O–H groups in total. The van der Waals surface area contributed by atoms with Crippen LogP contribution in [0.5, 0.6) is 0 Å². The predicted molar refractivity (Wildman–Crippen MR) is 84.4 cm³/mol. The lowest BCUT2D eigenvalue weighted by molar-refractivity contribution is -0.145. The summed E-state index contributed by atoms with van der Waals surface area (Å²) in [5.74, 6) is -2.33. The van der Waals surface area contributed by atoms with Crippen molar-refractivity contribution in [2.24, 2.45) is 11.8 Å². The number of hydrogen-bond acceptors (Lipinski definition) is 2. The molecule has 0 saturated carbocycles. The fourth-order valence-corrected chi connectivity index (χ4v) is 2.70. The third-order valence-corrected chi connectivity index (χ3v) is 4.11. The van der Waals surface area contributed by atoms with Crippen LogP contribution in [0.2, 0.25) is 0 Å². The van der Waals surface area contributed by atoms with E-state index in [1.54, 1.807) is 0 Å². The topological polar surface area (TPSA) is 74.6 Å². The van der Waals surface area contributed by atoms with Gasteiger partial charge in [-0.15, -0.1) is 0 Å². The number of carbonyl (C=O) groups is 2. The van der Waals surface area contributed by atoms with Gasteiger partial charge < -0.3 is 10.2 Å². The van der Waals surface area contributed by atoms with E-state index >= 15 is 0 Å². The van der Waals surface area contributed by atoms with Gasteiger partial charge in [0.1, 0.15) is 0 Å². The standard InChI is InChI=1S/C17H32O4/c1-3-5-6-7-8-9-11-15(17(20)21)13-12-14(10-4-2)16(18)19/h14-15H,3-13H2,1-2H3,(H,18,19)(H,20,21). The van der Waals surface area contributed by atoms with Crippen molar-refractivity contribution >= 4 is 11.9 Å². The molecule has 0 fully saturated rings. The van der Waals surface area contributed by atoms with Crippen LogP contribution in [0.15, 0.2) is 0 Å². The maximum absolute atomic E-state index is 11.3. The summed E-state index contributed by atoms with van der Waals surface area (Å²) in [6, 6.07) is 0. The van der Waals surface area contributed by atoms with Crippen LogP contribution in [0, 0.1) is 11.8 Å². The van der Waals surface area contributed by atoms with E-state index < -0.39 is 11.9 Å². The van der Waals surface area contributed by atoms with Crippen molar-refractivity contribution in [1.29, 1.82) is 0 Å². The van der Waals surface area contributed by atoms with E-state index in [1.165, 1.54) is 25.7 Å². The summed E-state index contributed by atoms with van der Waals surface area (Å²) >= 11 is 0. The first-order chi connectivity index (χ1) is 10.0. The molecule has 0 aromatic heterocycles. The summed E-state index contributed by atoms with van der Waals surface area (Å²) in [4.78, 5) is 22.3. The van der Waals surface area contributed by atoms with E-state index in [1.807, 2.05) is 6.92 Å². The Morgan fingerprint density at radius 2 is 1.14 bits per heavy atom. The average molecular weight is 300 g/mol. The molecule has 0 amide bonds. The number of hydrogen-bond donors (Lipinski definition) is 2. The first-order valence-electron chi connectivity index (χ1n) is 8.48. The maximum atomic E-state index is 11.3. The fourth-order valence-electron chi connectivity index (χ4n) is 2.70. The Hall–Kier alpha value is -1.06. The smallest absolute Gasteiger partial charge is 0.306 e. The van der Waals surface area contributed by atoms with Crippen LogP contribution in [0.25, 0.3) is 0 Å². The molecule has 0 aliphatic carbocycles. The molecule has 0 aliphatic heterocycles. The Morgan fingerprint density at radius 3 is 1.62 bits per heavy atom. The van der Waals surface area contributed by atoms with Crippen LogP contribution >= 0.6 is 0 Å². The zero-order valence-electron chi connectivity index (χ0n) is 13.6. The first-order valence-corrected chi connectivity index (χ1v) is 8.48. The van der Waals surface area contributed by atoms with Gasteiger partial charge in [-0.25, -0.2) is 0 Å². The van der Waals surface area contributed by atoms with Crippen molar-refractivity contribution in [2.45, 2.75) is 84.5 Å². The summed E-state index contributed by atoms with van der Waals surface area (Å²) in [5, 5.41) is 18.4. The van der Waals surface area contributed by atoms with Crippen molar-refractivity contribution < 1.29 is 19.8 Å². The maximum Gasteiger partial charge on any atom is 0.306 e. The minimum Gasteiger partial charge on any atom is -0.481 e. The summed E-state index contributed by atoms with van der Waals surface area (Å²) < 4.78 is 0. The van der Waals surface area contributed by atoms with Crippen LogP contribution < -0.4 is 0 Å². The quantitative estimate of drug-likeness (QED) is 0.455. The van der Waals surface area contributed by atoms with Crippen molar-refractivity contribution in [3.8, 4) is 0 Å². The Labute approximate surface area is 128 Å². The van der Waals surface area contributed by atoms with Gasteiger partial charge in [0.2, 0.25) is 0 Å². The highest BCUT2D eigenvalue weighted by molar-refractivity contribution is 5.71. The van der Waals surface area contributed by atoms with Crippen molar-refractivity contribution in [2.75, 3.05) is 0 Å². The third-order valence-electron chi connectivity index (χ3n) is 4.11. The summed E-state index contributed by atoms with van der Waals surface area (Å²) in [6.07, 6.45) is 10.0. The molecular formula is C17H32O4. The van der Waals surface area contributed by atoms with Crippen LogP contribution in [0.4, 0.5) is 0 Å². The molecule has 21 heavy (non-hydrogen) atoms. The molecule has 0 rings (SSSR count). The van der Waals surface area contributed by atoms with Gasteiger partial charge in [-0.1, -0.05) is 58.8 Å². The molecule has 4 heteroatoms. The van der Waals surface area contributed by atoms with Gasteiger partial charge in [0.25, 0.3) is 0 Å². The van der Waals surface area contributed by atoms with E-state index in [4.69, 9.17) is 5.11 Å². The third kappa shape index (κ3) is 10.3. The Balaban J connectivity index is 4.01. The van der Waals surface area contributed by atoms with E-state index in [2.05, 4.69) is 6.92 Å². The molecule has 0 radical (unpaired) electrons. The van der Waals surface area contributed by atoms with Crippen molar-refractivity contribution in [3.63, 3.8) is 0 Å². The van der Waals surface area contributed by atoms with E-state index in [9.17, 15) is 14.7 Å². The highest BCUT2D eigenvalue weighted by Gasteiger charge is 2.22. The zero-order chi connectivity index (χ0) is 16.1. The monoisotopic (exact) mass is 300 g/mol. The van der Waals surface area contributed by atoms with Gasteiger partial charge in [0, 0.05) is 0 Å². The number of aliphatic carboxylic acids is 2. The second-order valence-electron chi connectivity index (χ2n) is 5.99. The normalized spacial score (nSPS) is 13.8. The molecular weight excluding hydrogens is 268 g/mol. The van der Waals surface area contributed by atoms with Gasteiger partial charge in [0.05, 0.1) is 11.8 Å². The summed E-state index contributed by atoms with van der Waals surface area (Å²) in [6.45, 7) is 4.14. The minimum absolute atomic E-state index is 0.380. The molecule has 2 atom stereocenters. The Kier molecular flexibility index (Phi) is 12.0. The van der Waals surface area contributed by atoms with E-state index in [0.717, 1.165) is 19.3 Å². The molecule has 0 saturated heterocycles. The summed E-state index contributed by atoms with van der Waals surface area (Å²) in [7, 11) is 0. The zero-order valence-corrected chi connectivity index (χ0v) is 13.6. The van der Waals surface area contributed by atoms with Crippen molar-refractivity contribution in [3.05, 3.63) is 0 Å². The predicted octanol–water partition coefficient (Wildman–Crippen LogP) is 4.72. The van der Waals surface area contributed by atoms with Crippen LogP contribution in [-0.4, -0.2) is 22.2 Å². The van der Waals surface area contributed by atoms with Crippen LogP contribution in [-0.2, 0) is 9.59 Å². The molecule has 0 aromatic rings. The molecule has 124 valence electrons. The summed E-state index contributed by atoms with van der Waals surface area (Å²) in [5.41, 5.74) is 0. The molecule has 0 aromatic carbocycles. The second-order valence-corrected chi connectivity index (χ2v) is 5.99. The Bertz CT molecular complexity index is 289. The largest absolute Gasteiger partial charge is 0.481 e.